The monoisotopic (exact) mass is 334 g/mol. The van der Waals surface area contributed by atoms with E-state index in [2.05, 4.69) is 51.8 Å². The first-order valence-electron chi connectivity index (χ1n) is 8.26. The first kappa shape index (κ1) is 16.8. The Balaban J connectivity index is 1.56. The SMILES string of the molecule is COc1ccc(CCNc2nccc(Nc3cccc(C)c3)n2)cc1. The van der Waals surface area contributed by atoms with Gasteiger partial charge in [0.25, 0.3) is 0 Å². The summed E-state index contributed by atoms with van der Waals surface area (Å²) in [6.07, 6.45) is 2.64. The van der Waals surface area contributed by atoms with E-state index >= 15 is 0 Å². The molecule has 2 aromatic carbocycles. The topological polar surface area (TPSA) is 59.1 Å². The van der Waals surface area contributed by atoms with Crippen LogP contribution in [0, 0.1) is 6.92 Å². The molecule has 0 aliphatic heterocycles. The molecular weight excluding hydrogens is 312 g/mol. The van der Waals surface area contributed by atoms with Gasteiger partial charge in [-0.15, -0.1) is 0 Å². The molecule has 3 rings (SSSR count). The highest BCUT2D eigenvalue weighted by molar-refractivity contribution is 5.57. The van der Waals surface area contributed by atoms with Gasteiger partial charge in [0.1, 0.15) is 11.6 Å². The van der Waals surface area contributed by atoms with Gasteiger partial charge in [0, 0.05) is 18.4 Å². The van der Waals surface area contributed by atoms with Gasteiger partial charge in [0.15, 0.2) is 0 Å². The van der Waals surface area contributed by atoms with Crippen molar-refractivity contribution in [2.45, 2.75) is 13.3 Å². The molecule has 0 aliphatic carbocycles. The highest BCUT2D eigenvalue weighted by Crippen LogP contribution is 2.16. The number of nitrogens with one attached hydrogen (secondary N) is 2. The molecule has 25 heavy (non-hydrogen) atoms. The molecule has 0 saturated carbocycles. The van der Waals surface area contributed by atoms with Crippen LogP contribution in [0.2, 0.25) is 0 Å². The summed E-state index contributed by atoms with van der Waals surface area (Å²) in [5.41, 5.74) is 3.46. The number of hydrogen-bond acceptors (Lipinski definition) is 5. The van der Waals surface area contributed by atoms with E-state index in [0.717, 1.165) is 30.2 Å². The van der Waals surface area contributed by atoms with Crippen molar-refractivity contribution in [3.05, 3.63) is 71.9 Å². The molecule has 0 amide bonds. The van der Waals surface area contributed by atoms with Crippen LogP contribution in [-0.2, 0) is 6.42 Å². The molecule has 3 aromatic rings. The fourth-order valence-corrected chi connectivity index (χ4v) is 2.50. The minimum Gasteiger partial charge on any atom is -0.497 e. The van der Waals surface area contributed by atoms with Gasteiger partial charge in [-0.2, -0.15) is 4.98 Å². The molecular formula is C20H22N4O. The van der Waals surface area contributed by atoms with Crippen LogP contribution in [0.5, 0.6) is 5.75 Å². The summed E-state index contributed by atoms with van der Waals surface area (Å²) >= 11 is 0. The van der Waals surface area contributed by atoms with Gasteiger partial charge >= 0.3 is 0 Å². The standard InChI is InChI=1S/C20H22N4O/c1-15-4-3-5-17(14-15)23-19-11-13-22-20(24-19)21-12-10-16-6-8-18(25-2)9-7-16/h3-9,11,13-14H,10,12H2,1-2H3,(H2,21,22,23,24). The summed E-state index contributed by atoms with van der Waals surface area (Å²) in [4.78, 5) is 8.78. The number of methoxy groups -OCH3 is 1. The Bertz CT molecular complexity index is 818. The zero-order chi connectivity index (χ0) is 17.5. The zero-order valence-corrected chi connectivity index (χ0v) is 14.5. The number of aryl methyl sites for hydroxylation is 1. The molecule has 0 atom stereocenters. The molecule has 1 heterocycles. The van der Waals surface area contributed by atoms with Crippen LogP contribution in [0.1, 0.15) is 11.1 Å². The maximum absolute atomic E-state index is 5.17. The lowest BCUT2D eigenvalue weighted by Gasteiger charge is -2.09. The van der Waals surface area contributed by atoms with Crippen LogP contribution in [0.15, 0.2) is 60.8 Å². The average Bonchev–Trinajstić information content (AvgIpc) is 2.63. The summed E-state index contributed by atoms with van der Waals surface area (Å²) in [7, 11) is 1.67. The van der Waals surface area contributed by atoms with Crippen molar-refractivity contribution in [1.82, 2.24) is 9.97 Å². The Morgan fingerprint density at radius 2 is 1.88 bits per heavy atom. The molecule has 5 nitrogen and oxygen atoms in total. The lowest BCUT2D eigenvalue weighted by molar-refractivity contribution is 0.414. The van der Waals surface area contributed by atoms with Gasteiger partial charge in [-0.1, -0.05) is 24.3 Å². The zero-order valence-electron chi connectivity index (χ0n) is 14.5. The average molecular weight is 334 g/mol. The van der Waals surface area contributed by atoms with E-state index in [1.165, 1.54) is 11.1 Å². The number of nitrogens with zero attached hydrogens (tertiary/aromatic N) is 2. The van der Waals surface area contributed by atoms with Crippen LogP contribution in [0.4, 0.5) is 17.5 Å². The highest BCUT2D eigenvalue weighted by atomic mass is 16.5. The molecule has 0 spiro atoms. The van der Waals surface area contributed by atoms with E-state index in [9.17, 15) is 0 Å². The smallest absolute Gasteiger partial charge is 0.224 e. The number of rotatable bonds is 7. The van der Waals surface area contributed by atoms with E-state index in [1.54, 1.807) is 13.3 Å². The molecule has 0 aliphatic rings. The first-order chi connectivity index (χ1) is 12.2. The predicted molar refractivity (Wildman–Crippen MR) is 102 cm³/mol. The van der Waals surface area contributed by atoms with Crippen molar-refractivity contribution in [1.29, 1.82) is 0 Å². The van der Waals surface area contributed by atoms with Crippen molar-refractivity contribution in [3.63, 3.8) is 0 Å². The first-order valence-corrected chi connectivity index (χ1v) is 8.26. The van der Waals surface area contributed by atoms with Gasteiger partial charge in [0.2, 0.25) is 5.95 Å². The fourth-order valence-electron chi connectivity index (χ4n) is 2.50. The third kappa shape index (κ3) is 4.94. The van der Waals surface area contributed by atoms with E-state index < -0.39 is 0 Å². The summed E-state index contributed by atoms with van der Waals surface area (Å²) in [5.74, 6) is 2.26. The number of hydrogen-bond donors (Lipinski definition) is 2. The number of benzene rings is 2. The number of ether oxygens (including phenoxy) is 1. The van der Waals surface area contributed by atoms with Crippen LogP contribution >= 0.6 is 0 Å². The van der Waals surface area contributed by atoms with Gasteiger partial charge in [-0.25, -0.2) is 4.98 Å². The van der Waals surface area contributed by atoms with Gasteiger partial charge in [-0.05, 0) is 54.8 Å². The van der Waals surface area contributed by atoms with Crippen LogP contribution < -0.4 is 15.4 Å². The fraction of sp³-hybridized carbons (Fsp3) is 0.200. The molecule has 0 radical (unpaired) electrons. The van der Waals surface area contributed by atoms with Gasteiger partial charge in [0.05, 0.1) is 7.11 Å². The predicted octanol–water partition coefficient (Wildman–Crippen LogP) is 4.19. The second kappa shape index (κ2) is 8.15. The molecule has 1 aromatic heterocycles. The van der Waals surface area contributed by atoms with Gasteiger partial charge in [-0.3, -0.25) is 0 Å². The second-order valence-corrected chi connectivity index (χ2v) is 5.78. The van der Waals surface area contributed by atoms with Crippen molar-refractivity contribution < 1.29 is 4.74 Å². The van der Waals surface area contributed by atoms with Crippen molar-refractivity contribution in [2.75, 3.05) is 24.3 Å². The Hall–Kier alpha value is -3.08. The third-order valence-corrected chi connectivity index (χ3v) is 3.80. The lowest BCUT2D eigenvalue weighted by atomic mass is 10.1. The molecule has 128 valence electrons. The largest absolute Gasteiger partial charge is 0.497 e. The maximum Gasteiger partial charge on any atom is 0.224 e. The normalized spacial score (nSPS) is 10.3. The summed E-state index contributed by atoms with van der Waals surface area (Å²) in [5, 5.41) is 6.57. The van der Waals surface area contributed by atoms with E-state index in [1.807, 2.05) is 30.3 Å². The van der Waals surface area contributed by atoms with Crippen molar-refractivity contribution in [2.24, 2.45) is 0 Å². The van der Waals surface area contributed by atoms with Crippen molar-refractivity contribution in [3.8, 4) is 5.75 Å². The molecule has 0 unspecified atom stereocenters. The molecule has 0 fully saturated rings. The van der Waals surface area contributed by atoms with E-state index in [4.69, 9.17) is 4.74 Å². The Morgan fingerprint density at radius 1 is 1.04 bits per heavy atom. The summed E-state index contributed by atoms with van der Waals surface area (Å²) in [6.45, 7) is 2.83. The Kier molecular flexibility index (Phi) is 5.46. The Labute approximate surface area is 148 Å². The van der Waals surface area contributed by atoms with Gasteiger partial charge < -0.3 is 15.4 Å². The number of aromatic nitrogens is 2. The van der Waals surface area contributed by atoms with Crippen LogP contribution in [0.25, 0.3) is 0 Å². The maximum atomic E-state index is 5.17. The highest BCUT2D eigenvalue weighted by Gasteiger charge is 2.01. The second-order valence-electron chi connectivity index (χ2n) is 5.78. The minimum absolute atomic E-state index is 0.617. The van der Waals surface area contributed by atoms with Crippen LogP contribution in [0.3, 0.4) is 0 Å². The molecule has 0 bridgehead atoms. The van der Waals surface area contributed by atoms with Crippen LogP contribution in [-0.4, -0.2) is 23.6 Å². The van der Waals surface area contributed by atoms with E-state index in [0.29, 0.717) is 5.95 Å². The molecule has 2 N–H and O–H groups in total. The minimum atomic E-state index is 0.617. The summed E-state index contributed by atoms with van der Waals surface area (Å²) < 4.78 is 5.17. The quantitative estimate of drug-likeness (QED) is 0.678. The third-order valence-electron chi connectivity index (χ3n) is 3.80. The van der Waals surface area contributed by atoms with Crippen molar-refractivity contribution >= 4 is 17.5 Å². The summed E-state index contributed by atoms with van der Waals surface area (Å²) in [6, 6.07) is 18.1. The van der Waals surface area contributed by atoms with E-state index in [-0.39, 0.29) is 0 Å². The molecule has 0 saturated heterocycles. The lowest BCUT2D eigenvalue weighted by Crippen LogP contribution is -2.08. The molecule has 5 heteroatoms. The Morgan fingerprint density at radius 3 is 2.64 bits per heavy atom. The number of anilines is 3.